The van der Waals surface area contributed by atoms with Crippen molar-refractivity contribution in [1.82, 2.24) is 0 Å². The highest BCUT2D eigenvalue weighted by molar-refractivity contribution is 5.87. The van der Waals surface area contributed by atoms with E-state index in [0.717, 1.165) is 19.3 Å². The molecule has 1 saturated carbocycles. The Balaban J connectivity index is 2.18. The number of ketones is 1. The zero-order valence-electron chi connectivity index (χ0n) is 11.1. The fraction of sp³-hybridized carbons (Fsp3) is 0.800. The Morgan fingerprint density at radius 2 is 1.88 bits per heavy atom. The highest BCUT2D eigenvalue weighted by atomic mass is 16.1. The van der Waals surface area contributed by atoms with E-state index in [1.807, 2.05) is 0 Å². The summed E-state index contributed by atoms with van der Waals surface area (Å²) in [5.41, 5.74) is 1.79. The van der Waals surface area contributed by atoms with E-state index in [-0.39, 0.29) is 5.41 Å². The van der Waals surface area contributed by atoms with Gasteiger partial charge in [-0.05, 0) is 43.9 Å². The van der Waals surface area contributed by atoms with E-state index < -0.39 is 0 Å². The lowest BCUT2D eigenvalue weighted by molar-refractivity contribution is -0.124. The molecule has 0 amide bonds. The van der Waals surface area contributed by atoms with Crippen LogP contribution in [-0.4, -0.2) is 5.78 Å². The smallest absolute Gasteiger partial charge is 0.139 e. The molecule has 1 heteroatoms. The van der Waals surface area contributed by atoms with Crippen LogP contribution in [-0.2, 0) is 4.79 Å². The first-order valence-corrected chi connectivity index (χ1v) is 6.52. The third-order valence-electron chi connectivity index (χ3n) is 4.60. The molecule has 2 aliphatic carbocycles. The van der Waals surface area contributed by atoms with Crippen LogP contribution in [0, 0.1) is 16.7 Å². The molecule has 1 fully saturated rings. The van der Waals surface area contributed by atoms with Crippen molar-refractivity contribution in [2.75, 3.05) is 0 Å². The van der Waals surface area contributed by atoms with Crippen LogP contribution in [0.1, 0.15) is 59.8 Å². The molecule has 0 unspecified atom stereocenters. The summed E-state index contributed by atoms with van der Waals surface area (Å²) < 4.78 is 0. The fourth-order valence-corrected chi connectivity index (χ4v) is 2.99. The van der Waals surface area contributed by atoms with Gasteiger partial charge in [0.2, 0.25) is 0 Å². The molecule has 16 heavy (non-hydrogen) atoms. The van der Waals surface area contributed by atoms with Crippen molar-refractivity contribution in [3.05, 3.63) is 11.6 Å². The van der Waals surface area contributed by atoms with Gasteiger partial charge < -0.3 is 0 Å². The van der Waals surface area contributed by atoms with E-state index in [0.29, 0.717) is 17.1 Å². The molecule has 0 aromatic heterocycles. The Morgan fingerprint density at radius 1 is 1.19 bits per heavy atom. The highest BCUT2D eigenvalue weighted by Crippen LogP contribution is 2.58. The largest absolute Gasteiger partial charge is 0.299 e. The third kappa shape index (κ3) is 2.23. The van der Waals surface area contributed by atoms with Crippen molar-refractivity contribution in [3.63, 3.8) is 0 Å². The first-order chi connectivity index (χ1) is 7.33. The molecule has 0 aromatic rings. The van der Waals surface area contributed by atoms with E-state index in [4.69, 9.17) is 0 Å². The maximum atomic E-state index is 12.1. The highest BCUT2D eigenvalue weighted by Gasteiger charge is 2.55. The Kier molecular flexibility index (Phi) is 2.76. The van der Waals surface area contributed by atoms with Gasteiger partial charge in [0.25, 0.3) is 0 Å². The number of Topliss-reactive ketones (excluding diaryl/α,β-unsaturated/α-hetero) is 1. The number of fused-ring (bicyclic) bond motifs is 1. The standard InChI is InChI=1S/C15H24O/c1-11-5-6-13(16)15(4)10-12(15)9-14(2,3)8-7-11/h7,12H,5-6,8-10H2,1-4H3/b11-7-/t12-,15+/m0/s1. The molecule has 2 rings (SSSR count). The zero-order chi connectivity index (χ0) is 12.0. The Morgan fingerprint density at radius 3 is 2.56 bits per heavy atom. The van der Waals surface area contributed by atoms with Gasteiger partial charge >= 0.3 is 0 Å². The molecule has 0 radical (unpaired) electrons. The summed E-state index contributed by atoms with van der Waals surface area (Å²) in [7, 11) is 0. The first-order valence-electron chi connectivity index (χ1n) is 6.52. The van der Waals surface area contributed by atoms with Crippen LogP contribution in [0.4, 0.5) is 0 Å². The Labute approximate surface area is 99.3 Å². The van der Waals surface area contributed by atoms with Crippen LogP contribution in [0.5, 0.6) is 0 Å². The molecule has 0 saturated heterocycles. The molecular formula is C15H24O. The predicted octanol–water partition coefficient (Wildman–Crippen LogP) is 4.13. The van der Waals surface area contributed by atoms with Crippen molar-refractivity contribution in [3.8, 4) is 0 Å². The van der Waals surface area contributed by atoms with E-state index in [1.54, 1.807) is 0 Å². The summed E-state index contributed by atoms with van der Waals surface area (Å²) in [4.78, 5) is 12.1. The Hall–Kier alpha value is -0.590. The van der Waals surface area contributed by atoms with E-state index in [9.17, 15) is 4.79 Å². The molecule has 1 nitrogen and oxygen atoms in total. The summed E-state index contributed by atoms with van der Waals surface area (Å²) in [6.07, 6.45) is 7.58. The summed E-state index contributed by atoms with van der Waals surface area (Å²) in [5, 5.41) is 0. The molecule has 0 bridgehead atoms. The second-order valence-electron chi connectivity index (χ2n) is 6.86. The van der Waals surface area contributed by atoms with Crippen molar-refractivity contribution in [2.45, 2.75) is 59.8 Å². The van der Waals surface area contributed by atoms with Gasteiger partial charge in [-0.3, -0.25) is 4.79 Å². The minimum Gasteiger partial charge on any atom is -0.299 e. The average Bonchev–Trinajstić information content (AvgIpc) is 2.82. The lowest BCUT2D eigenvalue weighted by Gasteiger charge is -2.25. The quantitative estimate of drug-likeness (QED) is 0.561. The van der Waals surface area contributed by atoms with Crippen LogP contribution in [0.3, 0.4) is 0 Å². The molecule has 90 valence electrons. The van der Waals surface area contributed by atoms with Crippen molar-refractivity contribution in [1.29, 1.82) is 0 Å². The summed E-state index contributed by atoms with van der Waals surface area (Å²) in [6, 6.07) is 0. The number of hydrogen-bond acceptors (Lipinski definition) is 1. The van der Waals surface area contributed by atoms with Crippen LogP contribution in [0.25, 0.3) is 0 Å². The lowest BCUT2D eigenvalue weighted by atomic mass is 9.79. The van der Waals surface area contributed by atoms with Gasteiger partial charge in [-0.15, -0.1) is 0 Å². The van der Waals surface area contributed by atoms with Gasteiger partial charge in [-0.1, -0.05) is 32.4 Å². The number of carbonyl (C=O) groups excluding carboxylic acids is 1. The minimum absolute atomic E-state index is 0.0366. The van der Waals surface area contributed by atoms with Gasteiger partial charge in [-0.2, -0.15) is 0 Å². The van der Waals surface area contributed by atoms with Gasteiger partial charge in [0, 0.05) is 11.8 Å². The Bertz CT molecular complexity index is 337. The van der Waals surface area contributed by atoms with E-state index in [2.05, 4.69) is 33.8 Å². The normalized spacial score (nSPS) is 41.9. The van der Waals surface area contributed by atoms with Crippen LogP contribution in [0.15, 0.2) is 11.6 Å². The summed E-state index contributed by atoms with van der Waals surface area (Å²) in [5.74, 6) is 1.16. The number of allylic oxidation sites excluding steroid dienone is 2. The average molecular weight is 220 g/mol. The van der Waals surface area contributed by atoms with E-state index >= 15 is 0 Å². The van der Waals surface area contributed by atoms with Crippen LogP contribution < -0.4 is 0 Å². The van der Waals surface area contributed by atoms with Gasteiger partial charge in [0.1, 0.15) is 5.78 Å². The molecule has 0 N–H and O–H groups in total. The lowest BCUT2D eigenvalue weighted by Crippen LogP contribution is -2.19. The van der Waals surface area contributed by atoms with Crippen LogP contribution >= 0.6 is 0 Å². The van der Waals surface area contributed by atoms with Gasteiger partial charge in [0.15, 0.2) is 0 Å². The summed E-state index contributed by atoms with van der Waals surface area (Å²) in [6.45, 7) is 9.01. The predicted molar refractivity (Wildman–Crippen MR) is 67.2 cm³/mol. The maximum Gasteiger partial charge on any atom is 0.139 e. The van der Waals surface area contributed by atoms with E-state index in [1.165, 1.54) is 18.4 Å². The molecule has 0 spiro atoms. The van der Waals surface area contributed by atoms with Gasteiger partial charge in [-0.25, -0.2) is 0 Å². The van der Waals surface area contributed by atoms with Crippen molar-refractivity contribution >= 4 is 5.78 Å². The SMILES string of the molecule is C/C1=C/CC(C)(C)C[C@H]2C[C@@]2(C)C(=O)CC1. The molecular weight excluding hydrogens is 196 g/mol. The van der Waals surface area contributed by atoms with Crippen LogP contribution in [0.2, 0.25) is 0 Å². The number of carbonyl (C=O) groups is 1. The summed E-state index contributed by atoms with van der Waals surface area (Å²) >= 11 is 0. The first kappa shape index (κ1) is 11.9. The van der Waals surface area contributed by atoms with Gasteiger partial charge in [0.05, 0.1) is 0 Å². The minimum atomic E-state index is 0.0366. The molecule has 0 aromatic carbocycles. The topological polar surface area (TPSA) is 17.1 Å². The molecule has 0 heterocycles. The maximum absolute atomic E-state index is 12.1. The molecule has 2 aliphatic rings. The second-order valence-corrected chi connectivity index (χ2v) is 6.86. The second kappa shape index (κ2) is 3.72. The monoisotopic (exact) mass is 220 g/mol. The number of rotatable bonds is 0. The zero-order valence-corrected chi connectivity index (χ0v) is 11.1. The number of hydrogen-bond donors (Lipinski definition) is 0. The van der Waals surface area contributed by atoms with Crippen molar-refractivity contribution in [2.24, 2.45) is 16.7 Å². The fourth-order valence-electron chi connectivity index (χ4n) is 2.99. The molecule has 0 aliphatic heterocycles. The van der Waals surface area contributed by atoms with Crippen molar-refractivity contribution < 1.29 is 4.79 Å². The third-order valence-corrected chi connectivity index (χ3v) is 4.60. The molecule has 2 atom stereocenters.